The molecule has 0 N–H and O–H groups in total. The normalized spacial score (nSPS) is 0. The summed E-state index contributed by atoms with van der Waals surface area (Å²) in [6.45, 7) is 0. The van der Waals surface area contributed by atoms with Gasteiger partial charge < -0.3 is 0 Å². The maximum Gasteiger partial charge on any atom is 0 e. The van der Waals surface area contributed by atoms with E-state index in [1.807, 2.05) is 0 Å². The molecule has 0 heterocycles. The zero-order valence-electron chi connectivity index (χ0n) is 1.22. The first-order valence-electron chi connectivity index (χ1n) is 0. The zero-order chi connectivity index (χ0) is 0. The van der Waals surface area contributed by atoms with Gasteiger partial charge in [-0.2, -0.15) is 0 Å². The molecule has 0 unspecified atom stereocenters. The average Bonchev–Trinajstić information content (AvgIpc) is 0. The molecule has 0 rings (SSSR count). The van der Waals surface area contributed by atoms with Gasteiger partial charge in [0.2, 0.25) is 0 Å². The molecular formula is H8Ge2Mo3. The Morgan fingerprint density at radius 1 is 0.400 bits per heavy atom. The maximum atomic E-state index is 0. The summed E-state index contributed by atoms with van der Waals surface area (Å²) in [5, 5.41) is 0. The van der Waals surface area contributed by atoms with E-state index < -0.39 is 0 Å². The van der Waals surface area contributed by atoms with Crippen molar-refractivity contribution < 1.29 is 63.2 Å². The topological polar surface area (TPSA) is 0 Å². The van der Waals surface area contributed by atoms with E-state index in [9.17, 15) is 0 Å². The fraction of sp³-hybridized carbons (Fsp3) is 0. The van der Waals surface area contributed by atoms with Gasteiger partial charge in [-0.3, -0.25) is 0 Å². The van der Waals surface area contributed by atoms with Gasteiger partial charge in [-0.25, -0.2) is 0 Å². The molecule has 34 valence electrons. The van der Waals surface area contributed by atoms with Gasteiger partial charge in [-0.15, -0.1) is 0 Å². The smallest absolute Gasteiger partial charge is 0 e. The first kappa shape index (κ1) is 42.0. The Morgan fingerprint density at radius 3 is 0.400 bits per heavy atom. The van der Waals surface area contributed by atoms with Crippen molar-refractivity contribution in [3.8, 4) is 0 Å². The predicted molar refractivity (Wildman–Crippen MR) is 22.7 cm³/mol. The van der Waals surface area contributed by atoms with Crippen molar-refractivity contribution in [3.05, 3.63) is 0 Å². The van der Waals surface area contributed by atoms with Crippen LogP contribution in [0.25, 0.3) is 0 Å². The third-order valence-corrected chi connectivity index (χ3v) is 0. The van der Waals surface area contributed by atoms with Crippen LogP contribution in [0.15, 0.2) is 0 Å². The van der Waals surface area contributed by atoms with Crippen molar-refractivity contribution in [1.29, 1.82) is 0 Å². The van der Waals surface area contributed by atoms with E-state index in [1.165, 1.54) is 0 Å². The molecule has 0 aliphatic rings. The first-order valence-corrected chi connectivity index (χ1v) is 0. The molecule has 0 spiro atoms. The third kappa shape index (κ3) is 19.1. The van der Waals surface area contributed by atoms with Crippen molar-refractivity contribution in [2.45, 2.75) is 0 Å². The van der Waals surface area contributed by atoms with Crippen LogP contribution < -0.4 is 0 Å². The van der Waals surface area contributed by atoms with Crippen LogP contribution in [0.5, 0.6) is 0 Å². The minimum atomic E-state index is 0. The van der Waals surface area contributed by atoms with Gasteiger partial charge in [0.15, 0.2) is 0 Å². The maximum absolute atomic E-state index is 0. The summed E-state index contributed by atoms with van der Waals surface area (Å²) in [7, 11) is 0. The summed E-state index contributed by atoms with van der Waals surface area (Å²) in [5.41, 5.74) is 0. The second-order valence-corrected chi connectivity index (χ2v) is 0. The van der Waals surface area contributed by atoms with E-state index in [0.29, 0.717) is 0 Å². The van der Waals surface area contributed by atoms with Crippen molar-refractivity contribution in [2.24, 2.45) is 0 Å². The van der Waals surface area contributed by atoms with E-state index in [0.717, 1.165) is 0 Å². The molecule has 0 saturated heterocycles. The summed E-state index contributed by atoms with van der Waals surface area (Å²) in [5.74, 6) is 0. The summed E-state index contributed by atoms with van der Waals surface area (Å²) in [6.07, 6.45) is 0. The Labute approximate surface area is 96.7 Å². The van der Waals surface area contributed by atoms with Crippen molar-refractivity contribution in [1.82, 2.24) is 0 Å². The van der Waals surface area contributed by atoms with E-state index in [2.05, 4.69) is 0 Å². The first-order chi connectivity index (χ1) is 0. The molecular weight excluding hydrogens is 433 g/mol. The molecule has 0 aliphatic carbocycles. The Hall–Kier alpha value is 3.15. The second kappa shape index (κ2) is 27.3. The molecule has 0 fully saturated rings. The van der Waals surface area contributed by atoms with E-state index in [1.54, 1.807) is 0 Å². The molecule has 0 nitrogen and oxygen atoms in total. The van der Waals surface area contributed by atoms with Gasteiger partial charge in [-0.05, 0) is 0 Å². The SMILES string of the molecule is [GeH4].[GeH4].[Mo].[Mo].[Mo]. The van der Waals surface area contributed by atoms with Gasteiger partial charge in [-0.1, -0.05) is 0 Å². The number of hydrogen-bond acceptors (Lipinski definition) is 0. The Bertz CT molecular complexity index is 4.85. The van der Waals surface area contributed by atoms with Crippen molar-refractivity contribution in [3.63, 3.8) is 0 Å². The molecule has 0 atom stereocenters. The summed E-state index contributed by atoms with van der Waals surface area (Å²) in [4.78, 5) is 0. The molecule has 5 heteroatoms. The quantitative estimate of drug-likeness (QED) is 0.354. The standard InChI is InChI=1S/2GeH4.3Mo/h2*1H4;;;. The van der Waals surface area contributed by atoms with E-state index in [4.69, 9.17) is 0 Å². The van der Waals surface area contributed by atoms with Crippen LogP contribution in [-0.2, 0) is 63.2 Å². The van der Waals surface area contributed by atoms with Crippen molar-refractivity contribution in [2.75, 3.05) is 0 Å². The zero-order valence-corrected chi connectivity index (χ0v) is 7.25. The number of hydrogen-bond donors (Lipinski definition) is 0. The van der Waals surface area contributed by atoms with Gasteiger partial charge in [0.05, 0.1) is 0 Å². The summed E-state index contributed by atoms with van der Waals surface area (Å²) >= 11 is 0. The van der Waals surface area contributed by atoms with Crippen LogP contribution in [0.4, 0.5) is 0 Å². The van der Waals surface area contributed by atoms with Gasteiger partial charge in [0.1, 0.15) is 0 Å². The van der Waals surface area contributed by atoms with Crippen LogP contribution in [0.1, 0.15) is 0 Å². The largest absolute Gasteiger partial charge is 0 e. The molecule has 5 heavy (non-hydrogen) atoms. The summed E-state index contributed by atoms with van der Waals surface area (Å²) < 4.78 is 0. The van der Waals surface area contributed by atoms with Crippen LogP contribution >= 0.6 is 0 Å². The Kier molecular flexibility index (Phi) is 229. The molecule has 0 aromatic carbocycles. The Morgan fingerprint density at radius 2 is 0.400 bits per heavy atom. The molecule has 0 radical (unpaired) electrons. The van der Waals surface area contributed by atoms with Crippen LogP contribution in [-0.4, -0.2) is 35.2 Å². The van der Waals surface area contributed by atoms with Gasteiger partial charge in [0, 0.05) is 63.2 Å². The predicted octanol–water partition coefficient (Wildman–Crippen LogP) is -2.91. The second-order valence-electron chi connectivity index (χ2n) is 0. The minimum Gasteiger partial charge on any atom is 0 e. The number of rotatable bonds is 0. The fourth-order valence-corrected chi connectivity index (χ4v) is 0. The Balaban J connectivity index is 0. The monoisotopic (exact) mass is 450 g/mol. The van der Waals surface area contributed by atoms with Crippen molar-refractivity contribution >= 4 is 35.2 Å². The summed E-state index contributed by atoms with van der Waals surface area (Å²) in [6, 6.07) is 0. The van der Waals surface area contributed by atoms with E-state index in [-0.39, 0.29) is 98.4 Å². The van der Waals surface area contributed by atoms with E-state index >= 15 is 0 Å². The van der Waals surface area contributed by atoms with Crippen LogP contribution in [0.2, 0.25) is 0 Å². The molecule has 0 aliphatic heterocycles. The third-order valence-electron chi connectivity index (χ3n) is 0. The minimum absolute atomic E-state index is 0. The molecule has 0 aromatic heterocycles. The molecule has 0 aromatic rings. The average molecular weight is 441 g/mol. The van der Waals surface area contributed by atoms with Crippen LogP contribution in [0, 0.1) is 0 Å². The van der Waals surface area contributed by atoms with Gasteiger partial charge in [0.25, 0.3) is 0 Å². The van der Waals surface area contributed by atoms with Crippen LogP contribution in [0.3, 0.4) is 0 Å². The molecule has 0 saturated carbocycles. The van der Waals surface area contributed by atoms with Gasteiger partial charge >= 0.3 is 35.2 Å². The molecule has 0 bridgehead atoms. The molecule has 0 amide bonds. The fourth-order valence-electron chi connectivity index (χ4n) is 0.